The number of hydrogen-bond acceptors (Lipinski definition) is 13. The average Bonchev–Trinajstić information content (AvgIpc) is 3.82. The number of anilines is 1. The fourth-order valence-electron chi connectivity index (χ4n) is 8.56. The number of aliphatic carboxylic acids is 1. The van der Waals surface area contributed by atoms with Crippen LogP contribution in [0.15, 0.2) is 23.6 Å². The maximum atomic E-state index is 15.1. The van der Waals surface area contributed by atoms with Crippen molar-refractivity contribution in [1.29, 1.82) is 0 Å². The molecule has 1 aromatic carbocycles. The van der Waals surface area contributed by atoms with Crippen molar-refractivity contribution in [2.45, 2.75) is 169 Å². The standard InChI is InChI=1S/C52H86FN7O10S/c1-11-13-14-16-23-60(49(63)45(36(7)12-2)58-47(62)42-18-15-17-22-59(42)10)43(34(3)4)31-44(70-51(66)55-21-24-67-25-26-68-27-28-69-35(5)6)48-57-41(33-71-48)46(61)56-38(32-52(8,9)50(64)65)29-37-19-20-40(54)39(53)30-37/h19-20,30,33-36,38,42-45H,11-18,21-29,31-32,54H2,1-10H3,(H,55,66)(H,56,61)(H,58,62)(H,64,65)/t36-,38-,42+,43+,44+,45-/m0/s1. The van der Waals surface area contributed by atoms with Crippen LogP contribution < -0.4 is 21.7 Å². The van der Waals surface area contributed by atoms with Gasteiger partial charge in [-0.2, -0.15) is 0 Å². The molecular weight excluding hydrogens is 934 g/mol. The molecule has 1 aromatic heterocycles. The summed E-state index contributed by atoms with van der Waals surface area (Å²) in [5.41, 5.74) is 4.95. The maximum absolute atomic E-state index is 15.1. The van der Waals surface area contributed by atoms with E-state index in [0.29, 0.717) is 56.4 Å². The third kappa shape index (κ3) is 20.9. The van der Waals surface area contributed by atoms with Crippen LogP contribution in [-0.4, -0.2) is 140 Å². The lowest BCUT2D eigenvalue weighted by Gasteiger charge is -2.40. The molecular formula is C52H86FN7O10S. The Morgan fingerprint density at radius 2 is 1.69 bits per heavy atom. The molecule has 6 atom stereocenters. The number of nitrogens with one attached hydrogen (secondary N) is 3. The van der Waals surface area contributed by atoms with Gasteiger partial charge < -0.3 is 50.6 Å². The zero-order chi connectivity index (χ0) is 52.7. The molecule has 3 rings (SSSR count). The van der Waals surface area contributed by atoms with E-state index >= 15 is 4.79 Å². The molecule has 71 heavy (non-hydrogen) atoms. The number of carbonyl (C=O) groups excluding carboxylic acids is 4. The van der Waals surface area contributed by atoms with Crippen LogP contribution in [-0.2, 0) is 39.8 Å². The number of likely N-dealkylation sites (N-methyl/N-ethyl adjacent to an activating group) is 1. The molecule has 6 N–H and O–H groups in total. The zero-order valence-electron chi connectivity index (χ0n) is 44.2. The predicted octanol–water partition coefficient (Wildman–Crippen LogP) is 7.77. The highest BCUT2D eigenvalue weighted by molar-refractivity contribution is 7.09. The largest absolute Gasteiger partial charge is 0.481 e. The first kappa shape index (κ1) is 60.9. The number of benzene rings is 1. The molecule has 0 saturated carbocycles. The number of carbonyl (C=O) groups is 5. The third-order valence-corrected chi connectivity index (χ3v) is 14.0. The molecule has 1 fully saturated rings. The number of nitrogens with zero attached hydrogens (tertiary/aromatic N) is 3. The Bertz CT molecular complexity index is 1950. The number of aromatic nitrogens is 1. The van der Waals surface area contributed by atoms with E-state index in [-0.39, 0.29) is 79.6 Å². The lowest BCUT2D eigenvalue weighted by atomic mass is 9.84. The average molecular weight is 1020 g/mol. The normalized spacial score (nSPS) is 16.5. The number of rotatable bonds is 33. The van der Waals surface area contributed by atoms with Crippen LogP contribution in [0.4, 0.5) is 14.9 Å². The van der Waals surface area contributed by atoms with Gasteiger partial charge in [-0.05, 0) is 103 Å². The van der Waals surface area contributed by atoms with Crippen molar-refractivity contribution < 1.29 is 52.4 Å². The number of nitrogen functional groups attached to an aromatic ring is 1. The van der Waals surface area contributed by atoms with E-state index in [1.807, 2.05) is 53.5 Å². The molecule has 2 heterocycles. The Labute approximate surface area is 426 Å². The number of amides is 4. The molecule has 2 aromatic rings. The number of carboxylic acids is 1. The minimum Gasteiger partial charge on any atom is -0.481 e. The molecule has 1 aliphatic rings. The number of thiazole rings is 1. The minimum atomic E-state index is -1.25. The number of halogens is 1. The van der Waals surface area contributed by atoms with E-state index in [2.05, 4.69) is 27.8 Å². The number of alkyl carbamates (subject to hydrolysis) is 1. The number of piperidine rings is 1. The second-order valence-electron chi connectivity index (χ2n) is 20.2. The molecule has 1 saturated heterocycles. The van der Waals surface area contributed by atoms with Crippen LogP contribution in [0.2, 0.25) is 0 Å². The van der Waals surface area contributed by atoms with Crippen LogP contribution in [0.25, 0.3) is 0 Å². The summed E-state index contributed by atoms with van der Waals surface area (Å²) in [6.07, 6.45) is 5.49. The van der Waals surface area contributed by atoms with Crippen molar-refractivity contribution in [3.05, 3.63) is 45.7 Å². The molecule has 402 valence electrons. The summed E-state index contributed by atoms with van der Waals surface area (Å²) in [6.45, 7) is 20.2. The fraction of sp³-hybridized carbons (Fsp3) is 0.731. The van der Waals surface area contributed by atoms with Gasteiger partial charge in [0.25, 0.3) is 5.91 Å². The monoisotopic (exact) mass is 1020 g/mol. The van der Waals surface area contributed by atoms with E-state index < -0.39 is 53.4 Å². The quantitative estimate of drug-likeness (QED) is 0.0341. The van der Waals surface area contributed by atoms with Gasteiger partial charge in [0.15, 0.2) is 6.10 Å². The van der Waals surface area contributed by atoms with Crippen LogP contribution in [0.3, 0.4) is 0 Å². The van der Waals surface area contributed by atoms with Crippen molar-refractivity contribution in [1.82, 2.24) is 30.7 Å². The number of unbranched alkanes of at least 4 members (excludes halogenated alkanes) is 3. The lowest BCUT2D eigenvalue weighted by molar-refractivity contribution is -0.147. The molecule has 0 radical (unpaired) electrons. The first-order valence-corrected chi connectivity index (χ1v) is 26.6. The van der Waals surface area contributed by atoms with Crippen LogP contribution in [0, 0.1) is 23.1 Å². The predicted molar refractivity (Wildman–Crippen MR) is 275 cm³/mol. The highest BCUT2D eigenvalue weighted by Crippen LogP contribution is 2.33. The van der Waals surface area contributed by atoms with E-state index in [0.717, 1.165) is 56.4 Å². The molecule has 17 nitrogen and oxygen atoms in total. The lowest BCUT2D eigenvalue weighted by Crippen LogP contribution is -2.59. The SMILES string of the molecule is CCCCCCN(C(=O)[C@@H](NC(=O)[C@H]1CCCCN1C)[C@@H](C)CC)[C@H](C[C@@H](OC(=O)NCCOCCOCCOC(C)C)c1nc(C(=O)N[C@@H](Cc2ccc(N)c(F)c2)CC(C)(C)C(=O)O)cs1)C(C)C. The van der Waals surface area contributed by atoms with Gasteiger partial charge in [0.1, 0.15) is 22.6 Å². The number of likely N-dealkylation sites (tertiary alicyclic amines) is 1. The smallest absolute Gasteiger partial charge is 0.407 e. The highest BCUT2D eigenvalue weighted by Gasteiger charge is 2.39. The van der Waals surface area contributed by atoms with Crippen molar-refractivity contribution in [2.75, 3.05) is 65.5 Å². The number of hydrogen-bond donors (Lipinski definition) is 5. The van der Waals surface area contributed by atoms with E-state index in [9.17, 15) is 28.7 Å². The van der Waals surface area contributed by atoms with E-state index in [4.69, 9.17) is 29.7 Å². The van der Waals surface area contributed by atoms with Gasteiger partial charge in [-0.1, -0.05) is 72.8 Å². The Morgan fingerprint density at radius 3 is 2.32 bits per heavy atom. The maximum Gasteiger partial charge on any atom is 0.407 e. The highest BCUT2D eigenvalue weighted by atomic mass is 32.1. The summed E-state index contributed by atoms with van der Waals surface area (Å²) in [5.74, 6) is -2.98. The molecule has 0 bridgehead atoms. The summed E-state index contributed by atoms with van der Waals surface area (Å²) in [4.78, 5) is 77.6. The summed E-state index contributed by atoms with van der Waals surface area (Å²) in [6, 6.07) is 1.94. The van der Waals surface area contributed by atoms with Crippen LogP contribution in [0.1, 0.15) is 154 Å². The Balaban J connectivity index is 1.97. The van der Waals surface area contributed by atoms with Crippen molar-refractivity contribution in [2.24, 2.45) is 17.3 Å². The second kappa shape index (κ2) is 31.2. The van der Waals surface area contributed by atoms with E-state index in [1.54, 1.807) is 25.3 Å². The van der Waals surface area contributed by atoms with Gasteiger partial charge in [0.2, 0.25) is 11.8 Å². The van der Waals surface area contributed by atoms with Gasteiger partial charge in [-0.15, -0.1) is 11.3 Å². The second-order valence-corrected chi connectivity index (χ2v) is 21.1. The molecule has 1 aliphatic heterocycles. The van der Waals surface area contributed by atoms with Crippen LogP contribution >= 0.6 is 11.3 Å². The van der Waals surface area contributed by atoms with Crippen molar-refractivity contribution in [3.8, 4) is 0 Å². The third-order valence-electron chi connectivity index (χ3n) is 13.1. The Hall–Kier alpha value is -4.43. The van der Waals surface area contributed by atoms with Crippen molar-refractivity contribution in [3.63, 3.8) is 0 Å². The van der Waals surface area contributed by atoms with E-state index in [1.165, 1.54) is 12.1 Å². The number of ether oxygens (including phenoxy) is 4. The molecule has 4 amide bonds. The summed E-state index contributed by atoms with van der Waals surface area (Å²) < 4.78 is 37.4. The topological polar surface area (TPSA) is 224 Å². The first-order chi connectivity index (χ1) is 33.7. The molecule has 0 spiro atoms. The fourth-order valence-corrected chi connectivity index (χ4v) is 9.40. The van der Waals surface area contributed by atoms with Crippen LogP contribution in [0.5, 0.6) is 0 Å². The molecule has 0 aliphatic carbocycles. The van der Waals surface area contributed by atoms with Crippen molar-refractivity contribution >= 4 is 46.8 Å². The number of nitrogens with two attached hydrogens (primary N) is 1. The summed E-state index contributed by atoms with van der Waals surface area (Å²) in [7, 11) is 1.94. The van der Waals surface area contributed by atoms with Gasteiger partial charge in [0, 0.05) is 37.0 Å². The van der Waals surface area contributed by atoms with Gasteiger partial charge in [-0.3, -0.25) is 24.1 Å². The summed E-state index contributed by atoms with van der Waals surface area (Å²) >= 11 is 1.12. The Kier molecular flexibility index (Phi) is 26.8. The van der Waals surface area contributed by atoms with Gasteiger partial charge >= 0.3 is 12.1 Å². The zero-order valence-corrected chi connectivity index (χ0v) is 45.0. The van der Waals surface area contributed by atoms with Gasteiger partial charge in [-0.25, -0.2) is 14.2 Å². The minimum absolute atomic E-state index is 0.00726. The Morgan fingerprint density at radius 1 is 0.986 bits per heavy atom. The molecule has 0 unspecified atom stereocenters. The van der Waals surface area contributed by atoms with Gasteiger partial charge in [0.05, 0.1) is 56.3 Å². The summed E-state index contributed by atoms with van der Waals surface area (Å²) in [5, 5.41) is 20.7. The molecule has 19 heteroatoms. The first-order valence-electron chi connectivity index (χ1n) is 25.7. The number of carboxylic acid groups (broad SMARTS) is 1.